The molecule has 1 saturated carbocycles. The highest BCUT2D eigenvalue weighted by Crippen LogP contribution is 2.21. The summed E-state index contributed by atoms with van der Waals surface area (Å²) in [5.74, 6) is -0.456. The van der Waals surface area contributed by atoms with Crippen molar-refractivity contribution in [3.05, 3.63) is 35.9 Å². The van der Waals surface area contributed by atoms with Crippen LogP contribution in [0.25, 0.3) is 0 Å². The van der Waals surface area contributed by atoms with Crippen LogP contribution in [0.3, 0.4) is 0 Å². The van der Waals surface area contributed by atoms with E-state index in [9.17, 15) is 14.4 Å². The van der Waals surface area contributed by atoms with Gasteiger partial charge >= 0.3 is 6.09 Å². The molecule has 3 amide bonds. The average molecular weight is 416 g/mol. The van der Waals surface area contributed by atoms with E-state index in [1.165, 1.54) is 0 Å². The minimum absolute atomic E-state index is 0.120. The molecule has 0 bridgehead atoms. The number of rotatable bonds is 6. The summed E-state index contributed by atoms with van der Waals surface area (Å²) < 4.78 is 5.41. The van der Waals surface area contributed by atoms with Gasteiger partial charge < -0.3 is 20.3 Å². The third kappa shape index (κ3) is 6.75. The van der Waals surface area contributed by atoms with Crippen LogP contribution in [0.15, 0.2) is 30.3 Å². The Hall–Kier alpha value is -2.57. The fourth-order valence-corrected chi connectivity index (χ4v) is 3.53. The Morgan fingerprint density at radius 3 is 2.27 bits per heavy atom. The van der Waals surface area contributed by atoms with Crippen molar-refractivity contribution in [2.75, 3.05) is 13.1 Å². The SMILES string of the molecule is CC(C)(C)OC(=O)N1CCC(C(=O)NC(Cc2ccccc2)C(=O)NC2CC2)CC1. The summed E-state index contributed by atoms with van der Waals surface area (Å²) in [6.07, 6.45) is 3.25. The molecular formula is C23H33N3O4. The van der Waals surface area contributed by atoms with Crippen LogP contribution in [-0.2, 0) is 20.7 Å². The van der Waals surface area contributed by atoms with Gasteiger partial charge in [0.15, 0.2) is 0 Å². The molecule has 1 heterocycles. The molecule has 2 fully saturated rings. The summed E-state index contributed by atoms with van der Waals surface area (Å²) in [6, 6.07) is 9.36. The number of likely N-dealkylation sites (tertiary alicyclic amines) is 1. The van der Waals surface area contributed by atoms with E-state index in [1.54, 1.807) is 4.90 Å². The van der Waals surface area contributed by atoms with E-state index in [-0.39, 0.29) is 29.9 Å². The first kappa shape index (κ1) is 22.1. The highest BCUT2D eigenvalue weighted by Gasteiger charge is 2.33. The molecule has 1 aromatic carbocycles. The van der Waals surface area contributed by atoms with Gasteiger partial charge in [0.05, 0.1) is 0 Å². The number of amides is 3. The Morgan fingerprint density at radius 1 is 1.07 bits per heavy atom. The van der Waals surface area contributed by atoms with Gasteiger partial charge in [-0.05, 0) is 52.0 Å². The molecule has 1 atom stereocenters. The van der Waals surface area contributed by atoms with Crippen molar-refractivity contribution in [3.63, 3.8) is 0 Å². The number of piperidine rings is 1. The normalized spacial score (nSPS) is 18.4. The molecule has 2 aliphatic rings. The Morgan fingerprint density at radius 2 is 1.70 bits per heavy atom. The van der Waals surface area contributed by atoms with Gasteiger partial charge in [-0.3, -0.25) is 9.59 Å². The van der Waals surface area contributed by atoms with Crippen LogP contribution in [0.4, 0.5) is 4.79 Å². The van der Waals surface area contributed by atoms with E-state index < -0.39 is 11.6 Å². The molecule has 0 radical (unpaired) electrons. The Labute approximate surface area is 178 Å². The molecule has 30 heavy (non-hydrogen) atoms. The van der Waals surface area contributed by atoms with Gasteiger partial charge in [0.25, 0.3) is 0 Å². The molecule has 1 aliphatic carbocycles. The number of benzene rings is 1. The standard InChI is InChI=1S/C23H33N3O4/c1-23(2,3)30-22(29)26-13-11-17(12-14-26)20(27)25-19(21(28)24-18-9-10-18)15-16-7-5-4-6-8-16/h4-8,17-19H,9-15H2,1-3H3,(H,24,28)(H,25,27). The zero-order valence-electron chi connectivity index (χ0n) is 18.1. The van der Waals surface area contributed by atoms with Gasteiger partial charge in [0.2, 0.25) is 11.8 Å². The lowest BCUT2D eigenvalue weighted by molar-refractivity contribution is -0.132. The van der Waals surface area contributed by atoms with Crippen LogP contribution in [0, 0.1) is 5.92 Å². The summed E-state index contributed by atoms with van der Waals surface area (Å²) in [5, 5.41) is 5.97. The van der Waals surface area contributed by atoms with Crippen molar-refractivity contribution in [2.24, 2.45) is 5.92 Å². The lowest BCUT2D eigenvalue weighted by atomic mass is 9.95. The van der Waals surface area contributed by atoms with Crippen molar-refractivity contribution < 1.29 is 19.1 Å². The zero-order valence-corrected chi connectivity index (χ0v) is 18.1. The van der Waals surface area contributed by atoms with Gasteiger partial charge in [-0.25, -0.2) is 4.79 Å². The first-order valence-electron chi connectivity index (χ1n) is 10.8. The number of carbonyl (C=O) groups is 3. The van der Waals surface area contributed by atoms with Crippen LogP contribution in [0.1, 0.15) is 52.0 Å². The molecule has 1 aromatic rings. The summed E-state index contributed by atoms with van der Waals surface area (Å²) in [7, 11) is 0. The number of hydrogen-bond donors (Lipinski definition) is 2. The van der Waals surface area contributed by atoms with Crippen LogP contribution in [-0.4, -0.2) is 53.6 Å². The van der Waals surface area contributed by atoms with Crippen LogP contribution < -0.4 is 10.6 Å². The second kappa shape index (κ2) is 9.49. The van der Waals surface area contributed by atoms with Crippen molar-refractivity contribution in [1.29, 1.82) is 0 Å². The Bertz CT molecular complexity index is 747. The quantitative estimate of drug-likeness (QED) is 0.748. The Kier molecular flexibility index (Phi) is 7.00. The molecule has 1 saturated heterocycles. The average Bonchev–Trinajstić information content (AvgIpc) is 3.51. The lowest BCUT2D eigenvalue weighted by Crippen LogP contribution is -2.52. The molecular weight excluding hydrogens is 382 g/mol. The lowest BCUT2D eigenvalue weighted by Gasteiger charge is -2.33. The monoisotopic (exact) mass is 415 g/mol. The van der Waals surface area contributed by atoms with E-state index in [0.717, 1.165) is 18.4 Å². The van der Waals surface area contributed by atoms with Gasteiger partial charge in [-0.1, -0.05) is 30.3 Å². The van der Waals surface area contributed by atoms with Crippen molar-refractivity contribution in [3.8, 4) is 0 Å². The number of carbonyl (C=O) groups excluding carboxylic acids is 3. The fraction of sp³-hybridized carbons (Fsp3) is 0.609. The third-order valence-corrected chi connectivity index (χ3v) is 5.36. The predicted octanol–water partition coefficient (Wildman–Crippen LogP) is 2.64. The third-order valence-electron chi connectivity index (χ3n) is 5.36. The second-order valence-corrected chi connectivity index (χ2v) is 9.28. The smallest absolute Gasteiger partial charge is 0.410 e. The number of hydrogen-bond acceptors (Lipinski definition) is 4. The van der Waals surface area contributed by atoms with E-state index in [2.05, 4.69) is 10.6 Å². The molecule has 1 aliphatic heterocycles. The largest absolute Gasteiger partial charge is 0.444 e. The van der Waals surface area contributed by atoms with Crippen LogP contribution in [0.2, 0.25) is 0 Å². The minimum Gasteiger partial charge on any atom is -0.444 e. The van der Waals surface area contributed by atoms with Gasteiger partial charge in [0, 0.05) is 31.5 Å². The molecule has 7 nitrogen and oxygen atoms in total. The van der Waals surface area contributed by atoms with Crippen molar-refractivity contribution in [1.82, 2.24) is 15.5 Å². The van der Waals surface area contributed by atoms with E-state index in [4.69, 9.17) is 4.74 Å². The van der Waals surface area contributed by atoms with Gasteiger partial charge in [0.1, 0.15) is 11.6 Å². The predicted molar refractivity (Wildman–Crippen MR) is 114 cm³/mol. The van der Waals surface area contributed by atoms with E-state index >= 15 is 0 Å². The molecule has 1 unspecified atom stereocenters. The zero-order chi connectivity index (χ0) is 21.7. The van der Waals surface area contributed by atoms with Crippen LogP contribution >= 0.6 is 0 Å². The summed E-state index contributed by atoms with van der Waals surface area (Å²) in [4.78, 5) is 39.4. The molecule has 0 aromatic heterocycles. The van der Waals surface area contributed by atoms with E-state index in [1.807, 2.05) is 51.1 Å². The first-order chi connectivity index (χ1) is 14.2. The first-order valence-corrected chi connectivity index (χ1v) is 10.8. The molecule has 2 N–H and O–H groups in total. The van der Waals surface area contributed by atoms with E-state index in [0.29, 0.717) is 32.4 Å². The molecule has 164 valence electrons. The second-order valence-electron chi connectivity index (χ2n) is 9.28. The van der Waals surface area contributed by atoms with Gasteiger partial charge in [-0.2, -0.15) is 0 Å². The highest BCUT2D eigenvalue weighted by molar-refractivity contribution is 5.89. The number of ether oxygens (including phenoxy) is 1. The maximum Gasteiger partial charge on any atom is 0.410 e. The molecule has 3 rings (SSSR count). The highest BCUT2D eigenvalue weighted by atomic mass is 16.6. The maximum atomic E-state index is 12.9. The summed E-state index contributed by atoms with van der Waals surface area (Å²) in [6.45, 7) is 6.47. The number of nitrogens with zero attached hydrogens (tertiary/aromatic N) is 1. The Balaban J connectivity index is 1.55. The number of nitrogens with one attached hydrogen (secondary N) is 2. The fourth-order valence-electron chi connectivity index (χ4n) is 3.53. The topological polar surface area (TPSA) is 87.7 Å². The van der Waals surface area contributed by atoms with Crippen molar-refractivity contribution >= 4 is 17.9 Å². The van der Waals surface area contributed by atoms with Crippen molar-refractivity contribution in [2.45, 2.75) is 70.6 Å². The van der Waals surface area contributed by atoms with Gasteiger partial charge in [-0.15, -0.1) is 0 Å². The maximum absolute atomic E-state index is 12.9. The summed E-state index contributed by atoms with van der Waals surface area (Å²) >= 11 is 0. The molecule has 0 spiro atoms. The van der Waals surface area contributed by atoms with Crippen LogP contribution in [0.5, 0.6) is 0 Å². The molecule has 7 heteroatoms. The summed E-state index contributed by atoms with van der Waals surface area (Å²) in [5.41, 5.74) is 0.471. The minimum atomic E-state index is -0.593.